The summed E-state index contributed by atoms with van der Waals surface area (Å²) in [6.07, 6.45) is 0.417. The molecule has 0 bridgehead atoms. The van der Waals surface area contributed by atoms with Crippen LogP contribution in [0.25, 0.3) is 0 Å². The third kappa shape index (κ3) is 160. The molecule has 0 spiro atoms. The minimum Gasteiger partial charge on any atom is -0.563 e. The predicted octanol–water partition coefficient (Wildman–Crippen LogP) is 2.01. The van der Waals surface area contributed by atoms with Gasteiger partial charge in [-0.05, 0) is 0 Å². The first kappa shape index (κ1) is 24.4. The Morgan fingerprint density at radius 1 is 1.29 bits per heavy atom. The van der Waals surface area contributed by atoms with E-state index in [1.54, 1.807) is 13.8 Å². The van der Waals surface area contributed by atoms with Crippen LogP contribution in [0.1, 0.15) is 21.3 Å². The van der Waals surface area contributed by atoms with Crippen LogP contribution in [0.2, 0.25) is 0 Å². The molecule has 0 fully saturated rings. The molecular weight excluding hydrogens is 165 g/mol. The molecule has 0 aliphatic carbocycles. The molecule has 0 heterocycles. The second-order valence-electron chi connectivity index (χ2n) is 0.947. The number of aliphatic hydroxyl groups excluding tert-OH is 1. The molecule has 0 aliphatic rings. The van der Waals surface area contributed by atoms with Gasteiger partial charge in [0.2, 0.25) is 0 Å². The Balaban J connectivity index is -0.0000000150. The number of hydrogen-bond acceptors (Lipinski definition) is 1. The first-order valence-corrected chi connectivity index (χ1v) is 1.22. The molecule has 45 valence electrons. The maximum Gasteiger partial charge on any atom is 0 e. The second-order valence-corrected chi connectivity index (χ2v) is 0.947. The van der Waals surface area contributed by atoms with Gasteiger partial charge < -0.3 is 12.5 Å². The molecule has 7 heavy (non-hydrogen) atoms. The third-order valence-electron chi connectivity index (χ3n) is 0. The second kappa shape index (κ2) is 15.7. The Bertz CT molecular complexity index is 12.8. The predicted molar refractivity (Wildman–Crippen MR) is 29.7 cm³/mol. The fraction of sp³-hybridized carbons (Fsp3) is 0.600. The molecule has 1 N–H and O–H groups in total. The van der Waals surface area contributed by atoms with Crippen molar-refractivity contribution in [3.8, 4) is 0 Å². The number of rotatable bonds is 0. The smallest absolute Gasteiger partial charge is 0 e. The van der Waals surface area contributed by atoms with E-state index in [2.05, 4.69) is 0 Å². The van der Waals surface area contributed by atoms with Gasteiger partial charge in [0.25, 0.3) is 0 Å². The van der Waals surface area contributed by atoms with Crippen LogP contribution in [-0.2, 0) is 32.7 Å². The Morgan fingerprint density at radius 3 is 1.29 bits per heavy atom. The molecule has 0 aromatic carbocycles. The van der Waals surface area contributed by atoms with Gasteiger partial charge in [-0.2, -0.15) is 13.8 Å². The monoisotopic (exact) mass is 179 g/mol. The normalized spacial score (nSPS) is 5.14. The average Bonchev–Trinajstić information content (AvgIpc) is 0.811. The van der Waals surface area contributed by atoms with E-state index in [9.17, 15) is 0 Å². The van der Waals surface area contributed by atoms with Gasteiger partial charge in [0.1, 0.15) is 0 Å². The van der Waals surface area contributed by atoms with E-state index in [0.717, 1.165) is 0 Å². The van der Waals surface area contributed by atoms with Gasteiger partial charge in [-0.3, -0.25) is 0 Å². The van der Waals surface area contributed by atoms with Gasteiger partial charge >= 0.3 is 0 Å². The number of aliphatic hydroxyl groups is 1. The molecule has 0 rings (SSSR count). The van der Waals surface area contributed by atoms with Crippen LogP contribution in [0, 0.1) is 13.5 Å². The molecule has 1 nitrogen and oxygen atoms in total. The minimum absolute atomic E-state index is 0. The fourth-order valence-corrected chi connectivity index (χ4v) is 0. The molecule has 0 aromatic heterocycles. The summed E-state index contributed by atoms with van der Waals surface area (Å²) in [7, 11) is 0. The van der Waals surface area contributed by atoms with Gasteiger partial charge in [0, 0.05) is 32.7 Å². The van der Waals surface area contributed by atoms with Gasteiger partial charge in [0.15, 0.2) is 0 Å². The Hall–Kier alpha value is 1.06. The Labute approximate surface area is 72.4 Å². The van der Waals surface area contributed by atoms with E-state index in [-0.39, 0.29) is 47.6 Å². The Morgan fingerprint density at radius 2 is 1.29 bits per heavy atom. The van der Waals surface area contributed by atoms with Gasteiger partial charge in [-0.15, -0.1) is 0 Å². The van der Waals surface area contributed by atoms with Crippen LogP contribution in [-0.4, -0.2) is 5.11 Å². The average molecular weight is 179 g/mol. The molecule has 0 saturated heterocycles. The number of hydrogen-bond donors (Lipinski definition) is 1. The zero-order valence-electron chi connectivity index (χ0n) is 4.52. The quantitative estimate of drug-likeness (QED) is 0.564. The van der Waals surface area contributed by atoms with Crippen molar-refractivity contribution < 1.29 is 37.8 Å². The summed E-state index contributed by atoms with van der Waals surface area (Å²) < 4.78 is 0. The first-order valence-electron chi connectivity index (χ1n) is 1.22. The van der Waals surface area contributed by atoms with Gasteiger partial charge in [-0.25, -0.2) is 6.10 Å². The standard InChI is InChI=1S/C3H7O.CH4.CH3.Y/c1-3(2)4;;;/h4H,1-2H3;1H4;1H3;/q-1;;-1;. The molecule has 1 radical (unpaired) electrons. The molecule has 0 atom stereocenters. The van der Waals surface area contributed by atoms with Crippen LogP contribution in [0.5, 0.6) is 0 Å². The molecular formula is C5H14OY-2. The van der Waals surface area contributed by atoms with Crippen molar-refractivity contribution in [3.05, 3.63) is 13.5 Å². The molecule has 2 heteroatoms. The topological polar surface area (TPSA) is 20.2 Å². The summed E-state index contributed by atoms with van der Waals surface area (Å²) >= 11 is 0. The van der Waals surface area contributed by atoms with Crippen molar-refractivity contribution in [3.63, 3.8) is 0 Å². The zero-order chi connectivity index (χ0) is 3.58. The van der Waals surface area contributed by atoms with E-state index in [1.807, 2.05) is 0 Å². The molecule has 0 saturated carbocycles. The third-order valence-corrected chi connectivity index (χ3v) is 0. The largest absolute Gasteiger partial charge is 0.563 e. The van der Waals surface area contributed by atoms with Crippen molar-refractivity contribution in [2.75, 3.05) is 0 Å². The summed E-state index contributed by atoms with van der Waals surface area (Å²) in [5, 5.41) is 7.97. The molecule has 0 amide bonds. The van der Waals surface area contributed by atoms with Crippen molar-refractivity contribution in [1.29, 1.82) is 0 Å². The summed E-state index contributed by atoms with van der Waals surface area (Å²) in [5.74, 6) is 0. The molecule has 0 aromatic rings. The summed E-state index contributed by atoms with van der Waals surface area (Å²) in [6, 6.07) is 0. The summed E-state index contributed by atoms with van der Waals surface area (Å²) in [6.45, 7) is 3.28. The zero-order valence-corrected chi connectivity index (χ0v) is 7.36. The molecule has 0 aliphatic heterocycles. The van der Waals surface area contributed by atoms with Crippen molar-refractivity contribution in [2.45, 2.75) is 21.3 Å². The van der Waals surface area contributed by atoms with Crippen LogP contribution >= 0.6 is 0 Å². The molecule has 0 unspecified atom stereocenters. The fourth-order valence-electron chi connectivity index (χ4n) is 0. The van der Waals surface area contributed by atoms with E-state index in [0.29, 0.717) is 6.10 Å². The van der Waals surface area contributed by atoms with Crippen molar-refractivity contribution in [2.24, 2.45) is 0 Å². The van der Waals surface area contributed by atoms with E-state index < -0.39 is 0 Å². The van der Waals surface area contributed by atoms with Gasteiger partial charge in [0.05, 0.1) is 0 Å². The van der Waals surface area contributed by atoms with Crippen molar-refractivity contribution in [1.82, 2.24) is 0 Å². The maximum absolute atomic E-state index is 7.97. The summed E-state index contributed by atoms with van der Waals surface area (Å²) in [5.41, 5.74) is 0. The van der Waals surface area contributed by atoms with Crippen LogP contribution in [0.15, 0.2) is 0 Å². The van der Waals surface area contributed by atoms with Crippen molar-refractivity contribution >= 4 is 0 Å². The minimum atomic E-state index is 0. The van der Waals surface area contributed by atoms with E-state index in [4.69, 9.17) is 5.11 Å². The van der Waals surface area contributed by atoms with Gasteiger partial charge in [-0.1, -0.05) is 7.43 Å². The maximum atomic E-state index is 7.97. The first-order chi connectivity index (χ1) is 1.73. The van der Waals surface area contributed by atoms with Crippen LogP contribution in [0.4, 0.5) is 0 Å². The van der Waals surface area contributed by atoms with Crippen LogP contribution in [0.3, 0.4) is 0 Å². The van der Waals surface area contributed by atoms with E-state index in [1.165, 1.54) is 0 Å². The van der Waals surface area contributed by atoms with Crippen LogP contribution < -0.4 is 0 Å². The SMILES string of the molecule is C.C[C-](C)O.[CH3-].[Y]. The summed E-state index contributed by atoms with van der Waals surface area (Å²) in [4.78, 5) is 0. The van der Waals surface area contributed by atoms with E-state index >= 15 is 0 Å². The Kier molecular flexibility index (Phi) is 54.7.